The highest BCUT2D eigenvalue weighted by Crippen LogP contribution is 2.23. The van der Waals surface area contributed by atoms with Gasteiger partial charge in [0, 0.05) is 22.4 Å². The Balaban J connectivity index is 1.57. The van der Waals surface area contributed by atoms with Crippen LogP contribution in [-0.4, -0.2) is 15.1 Å². The number of benzene rings is 2. The van der Waals surface area contributed by atoms with Gasteiger partial charge in [-0.05, 0) is 23.3 Å². The maximum absolute atomic E-state index is 10.6. The van der Waals surface area contributed by atoms with Crippen LogP contribution >= 0.6 is 27.7 Å². The molecule has 8 heteroatoms. The highest BCUT2D eigenvalue weighted by Gasteiger charge is 2.09. The predicted molar refractivity (Wildman–Crippen MR) is 93.9 cm³/mol. The van der Waals surface area contributed by atoms with Gasteiger partial charge in [-0.3, -0.25) is 10.1 Å². The molecule has 0 saturated heterocycles. The Morgan fingerprint density at radius 1 is 1.04 bits per heavy atom. The van der Waals surface area contributed by atoms with Gasteiger partial charge in [0.1, 0.15) is 0 Å². The second kappa shape index (κ2) is 7.59. The average Bonchev–Trinajstić information content (AvgIpc) is 3.03. The van der Waals surface area contributed by atoms with Crippen molar-refractivity contribution in [1.82, 2.24) is 10.2 Å². The Hall–Kier alpha value is -2.19. The number of nitro groups is 1. The summed E-state index contributed by atoms with van der Waals surface area (Å²) in [6, 6.07) is 14.4. The van der Waals surface area contributed by atoms with Crippen LogP contribution in [0.1, 0.15) is 17.0 Å². The minimum Gasteiger partial charge on any atom is -0.416 e. The minimum atomic E-state index is -0.413. The zero-order valence-electron chi connectivity index (χ0n) is 12.4. The molecule has 0 aliphatic rings. The van der Waals surface area contributed by atoms with Gasteiger partial charge in [0.25, 0.3) is 10.9 Å². The molecular weight excluding hydrogens is 394 g/mol. The molecule has 3 rings (SSSR count). The molecular formula is C16H12BrN3O3S. The molecule has 24 heavy (non-hydrogen) atoms. The van der Waals surface area contributed by atoms with Gasteiger partial charge in [0.05, 0.1) is 11.3 Å². The molecule has 1 aromatic heterocycles. The summed E-state index contributed by atoms with van der Waals surface area (Å²) in [7, 11) is 0. The lowest BCUT2D eigenvalue weighted by molar-refractivity contribution is -0.384. The zero-order valence-corrected chi connectivity index (χ0v) is 14.8. The molecule has 6 nitrogen and oxygen atoms in total. The van der Waals surface area contributed by atoms with Gasteiger partial charge in [-0.25, -0.2) is 0 Å². The fraction of sp³-hybridized carbons (Fsp3) is 0.125. The fourth-order valence-corrected chi connectivity index (χ4v) is 3.00. The van der Waals surface area contributed by atoms with Crippen LogP contribution in [0, 0.1) is 10.1 Å². The summed E-state index contributed by atoms with van der Waals surface area (Å²) in [6.45, 7) is 0. The van der Waals surface area contributed by atoms with Gasteiger partial charge in [-0.1, -0.05) is 52.0 Å². The number of hydrogen-bond donors (Lipinski definition) is 0. The number of thioether (sulfide) groups is 1. The summed E-state index contributed by atoms with van der Waals surface area (Å²) in [4.78, 5) is 10.2. The van der Waals surface area contributed by atoms with Gasteiger partial charge < -0.3 is 4.42 Å². The lowest BCUT2D eigenvalue weighted by Crippen LogP contribution is -1.88. The summed E-state index contributed by atoms with van der Waals surface area (Å²) in [5.41, 5.74) is 2.13. The lowest BCUT2D eigenvalue weighted by atomic mass is 10.2. The van der Waals surface area contributed by atoms with E-state index in [1.807, 2.05) is 24.3 Å². The van der Waals surface area contributed by atoms with Crippen molar-refractivity contribution in [2.24, 2.45) is 0 Å². The van der Waals surface area contributed by atoms with Crippen LogP contribution in [0.4, 0.5) is 5.69 Å². The molecule has 0 fully saturated rings. The Morgan fingerprint density at radius 2 is 1.71 bits per heavy atom. The topological polar surface area (TPSA) is 82.1 Å². The Labute approximate surface area is 150 Å². The van der Waals surface area contributed by atoms with Crippen molar-refractivity contribution >= 4 is 33.4 Å². The van der Waals surface area contributed by atoms with Crippen LogP contribution in [0.5, 0.6) is 0 Å². The maximum atomic E-state index is 10.6. The van der Waals surface area contributed by atoms with Crippen molar-refractivity contribution in [2.45, 2.75) is 17.4 Å². The van der Waals surface area contributed by atoms with Crippen LogP contribution in [-0.2, 0) is 12.2 Å². The maximum Gasteiger partial charge on any atom is 0.276 e. The first-order valence-electron chi connectivity index (χ1n) is 7.03. The second-order valence-corrected chi connectivity index (χ2v) is 6.82. The molecule has 0 aliphatic carbocycles. The zero-order chi connectivity index (χ0) is 16.9. The third kappa shape index (κ3) is 4.42. The number of nitro benzene ring substituents is 1. The van der Waals surface area contributed by atoms with E-state index in [4.69, 9.17) is 4.42 Å². The molecule has 3 aromatic rings. The quantitative estimate of drug-likeness (QED) is 0.338. The second-order valence-electron chi connectivity index (χ2n) is 4.98. The van der Waals surface area contributed by atoms with E-state index >= 15 is 0 Å². The highest BCUT2D eigenvalue weighted by atomic mass is 79.9. The lowest BCUT2D eigenvalue weighted by Gasteiger charge is -1.98. The number of aromatic nitrogens is 2. The molecule has 0 radical (unpaired) electrons. The molecule has 0 amide bonds. The van der Waals surface area contributed by atoms with Crippen LogP contribution in [0.25, 0.3) is 0 Å². The first-order valence-corrected chi connectivity index (χ1v) is 8.81. The molecule has 0 atom stereocenters. The molecule has 0 bridgehead atoms. The molecule has 0 spiro atoms. The first-order chi connectivity index (χ1) is 11.6. The van der Waals surface area contributed by atoms with Gasteiger partial charge >= 0.3 is 0 Å². The standard InChI is InChI=1S/C16H12BrN3O3S/c17-13-5-1-11(2-6-13)9-15-18-19-16(23-15)24-10-12-3-7-14(8-4-12)20(21)22/h1-8H,9-10H2. The first kappa shape index (κ1) is 16.7. The van der Waals surface area contributed by atoms with E-state index in [9.17, 15) is 10.1 Å². The molecule has 122 valence electrons. The van der Waals surface area contributed by atoms with Crippen molar-refractivity contribution in [1.29, 1.82) is 0 Å². The third-order valence-electron chi connectivity index (χ3n) is 3.23. The van der Waals surface area contributed by atoms with E-state index in [0.717, 1.165) is 15.6 Å². The van der Waals surface area contributed by atoms with E-state index in [-0.39, 0.29) is 5.69 Å². The van der Waals surface area contributed by atoms with E-state index in [0.29, 0.717) is 23.3 Å². The molecule has 0 saturated carbocycles. The number of nitrogens with zero attached hydrogens (tertiary/aromatic N) is 3. The third-order valence-corrected chi connectivity index (χ3v) is 4.64. The summed E-state index contributed by atoms with van der Waals surface area (Å²) in [5.74, 6) is 1.17. The summed E-state index contributed by atoms with van der Waals surface area (Å²) in [6.07, 6.45) is 0.582. The van der Waals surface area contributed by atoms with E-state index < -0.39 is 4.92 Å². The van der Waals surface area contributed by atoms with Gasteiger partial charge in [-0.2, -0.15) is 0 Å². The molecule has 0 N–H and O–H groups in total. The highest BCUT2D eigenvalue weighted by molar-refractivity contribution is 9.10. The van der Waals surface area contributed by atoms with Crippen molar-refractivity contribution in [3.63, 3.8) is 0 Å². The van der Waals surface area contributed by atoms with Crippen molar-refractivity contribution in [3.8, 4) is 0 Å². The van der Waals surface area contributed by atoms with Gasteiger partial charge in [-0.15, -0.1) is 10.2 Å². The van der Waals surface area contributed by atoms with Crippen LogP contribution < -0.4 is 0 Å². The Bertz CT molecular complexity index is 835. The molecule has 1 heterocycles. The Morgan fingerprint density at radius 3 is 2.38 bits per heavy atom. The van der Waals surface area contributed by atoms with E-state index in [1.165, 1.54) is 23.9 Å². The normalized spacial score (nSPS) is 10.7. The molecule has 0 unspecified atom stereocenters. The average molecular weight is 406 g/mol. The monoisotopic (exact) mass is 405 g/mol. The van der Waals surface area contributed by atoms with Gasteiger partial charge in [0.15, 0.2) is 0 Å². The number of non-ortho nitro benzene ring substituents is 1. The van der Waals surface area contributed by atoms with Gasteiger partial charge in [0.2, 0.25) is 5.89 Å². The summed E-state index contributed by atoms with van der Waals surface area (Å²) < 4.78 is 6.65. The predicted octanol–water partition coefficient (Wildman–Crippen LogP) is 4.62. The van der Waals surface area contributed by atoms with Crippen LogP contribution in [0.15, 0.2) is 62.6 Å². The summed E-state index contributed by atoms with van der Waals surface area (Å²) >= 11 is 4.80. The largest absolute Gasteiger partial charge is 0.416 e. The van der Waals surface area contributed by atoms with Crippen molar-refractivity contribution in [3.05, 3.63) is 80.1 Å². The summed E-state index contributed by atoms with van der Waals surface area (Å²) in [5, 5.41) is 19.2. The molecule has 2 aromatic carbocycles. The van der Waals surface area contributed by atoms with E-state index in [2.05, 4.69) is 26.1 Å². The number of halogens is 1. The van der Waals surface area contributed by atoms with Crippen molar-refractivity contribution < 1.29 is 9.34 Å². The number of rotatable bonds is 6. The minimum absolute atomic E-state index is 0.0818. The smallest absolute Gasteiger partial charge is 0.276 e. The van der Waals surface area contributed by atoms with Crippen molar-refractivity contribution in [2.75, 3.05) is 0 Å². The molecule has 0 aliphatic heterocycles. The SMILES string of the molecule is O=[N+]([O-])c1ccc(CSc2nnc(Cc3ccc(Br)cc3)o2)cc1. The van der Waals surface area contributed by atoms with E-state index in [1.54, 1.807) is 12.1 Å². The van der Waals surface area contributed by atoms with Crippen LogP contribution in [0.3, 0.4) is 0 Å². The fourth-order valence-electron chi connectivity index (χ4n) is 2.00. The Kier molecular flexibility index (Phi) is 5.27. The number of hydrogen-bond acceptors (Lipinski definition) is 6. The van der Waals surface area contributed by atoms with Crippen LogP contribution in [0.2, 0.25) is 0 Å².